The third-order valence-corrected chi connectivity index (χ3v) is 2.91. The van der Waals surface area contributed by atoms with Crippen molar-refractivity contribution in [2.75, 3.05) is 13.1 Å². The molecule has 1 aliphatic rings. The molecule has 0 saturated carbocycles. The highest BCUT2D eigenvalue weighted by atomic mass is 16.4. The molecule has 0 aliphatic carbocycles. The van der Waals surface area contributed by atoms with Gasteiger partial charge in [-0.25, -0.2) is 0 Å². The number of hydrogen-bond donors (Lipinski definition) is 2. The zero-order valence-corrected chi connectivity index (χ0v) is 9.01. The molecule has 0 unspecified atom stereocenters. The molecule has 2 atom stereocenters. The molecule has 1 rings (SSSR count). The van der Waals surface area contributed by atoms with E-state index in [4.69, 9.17) is 10.2 Å². The molecule has 2 N–H and O–H groups in total. The van der Waals surface area contributed by atoms with Gasteiger partial charge in [0.2, 0.25) is 0 Å². The van der Waals surface area contributed by atoms with Crippen LogP contribution in [0.5, 0.6) is 0 Å². The van der Waals surface area contributed by atoms with Gasteiger partial charge in [0, 0.05) is 19.1 Å². The summed E-state index contributed by atoms with van der Waals surface area (Å²) in [5.74, 6) is -2.90. The number of carbonyl (C=O) groups is 2. The topological polar surface area (TPSA) is 77.8 Å². The van der Waals surface area contributed by atoms with Gasteiger partial charge in [0.05, 0.1) is 11.8 Å². The minimum absolute atomic E-state index is 0.189. The molecule has 0 aromatic rings. The Morgan fingerprint density at radius 2 is 1.53 bits per heavy atom. The van der Waals surface area contributed by atoms with Gasteiger partial charge in [-0.15, -0.1) is 0 Å². The summed E-state index contributed by atoms with van der Waals surface area (Å²) in [6, 6.07) is 0.189. The molecule has 0 aromatic heterocycles. The summed E-state index contributed by atoms with van der Waals surface area (Å²) in [7, 11) is 0. The lowest BCUT2D eigenvalue weighted by Gasteiger charge is -2.36. The first kappa shape index (κ1) is 12.0. The highest BCUT2D eigenvalue weighted by molar-refractivity contribution is 5.74. The maximum Gasteiger partial charge on any atom is 0.307 e. The van der Waals surface area contributed by atoms with Crippen LogP contribution in [0.4, 0.5) is 0 Å². The van der Waals surface area contributed by atoms with E-state index < -0.39 is 23.8 Å². The monoisotopic (exact) mass is 215 g/mol. The maximum atomic E-state index is 10.9. The summed E-state index contributed by atoms with van der Waals surface area (Å²) in [4.78, 5) is 23.7. The van der Waals surface area contributed by atoms with Gasteiger partial charge in [0.1, 0.15) is 0 Å². The van der Waals surface area contributed by atoms with Crippen LogP contribution in [0.25, 0.3) is 0 Å². The Morgan fingerprint density at radius 3 is 1.80 bits per heavy atom. The number of hydrogen-bond acceptors (Lipinski definition) is 3. The van der Waals surface area contributed by atoms with E-state index in [1.54, 1.807) is 0 Å². The van der Waals surface area contributed by atoms with E-state index in [0.717, 1.165) is 0 Å². The van der Waals surface area contributed by atoms with Crippen molar-refractivity contribution in [2.24, 2.45) is 11.8 Å². The van der Waals surface area contributed by atoms with E-state index in [0.29, 0.717) is 13.1 Å². The Labute approximate surface area is 88.7 Å². The summed E-state index contributed by atoms with van der Waals surface area (Å²) < 4.78 is 0. The molecule has 86 valence electrons. The largest absolute Gasteiger partial charge is 0.481 e. The number of carboxylic acid groups (broad SMARTS) is 2. The van der Waals surface area contributed by atoms with E-state index >= 15 is 0 Å². The van der Waals surface area contributed by atoms with Crippen LogP contribution in [-0.2, 0) is 9.59 Å². The molecule has 0 bridgehead atoms. The Bertz CT molecular complexity index is 242. The standard InChI is InChI=1S/C10H17NO4/c1-6(2)11-4-7(9(12)13)3-8(5-11)10(14)15/h6-8H,3-5H2,1-2H3,(H,12,13)(H,14,15)/t7-,8+. The summed E-state index contributed by atoms with van der Waals surface area (Å²) in [6.45, 7) is 4.81. The SMILES string of the molecule is CC(C)N1C[C@H](C(=O)O)C[C@H](C(=O)O)C1. The van der Waals surface area contributed by atoms with E-state index in [-0.39, 0.29) is 12.5 Å². The molecule has 5 heteroatoms. The molecule has 5 nitrogen and oxygen atoms in total. The van der Waals surface area contributed by atoms with Crippen LogP contribution in [0.2, 0.25) is 0 Å². The summed E-state index contributed by atoms with van der Waals surface area (Å²) >= 11 is 0. The highest BCUT2D eigenvalue weighted by Gasteiger charge is 2.35. The number of nitrogens with zero attached hydrogens (tertiary/aromatic N) is 1. The van der Waals surface area contributed by atoms with Crippen molar-refractivity contribution in [1.29, 1.82) is 0 Å². The molecular formula is C10H17NO4. The lowest BCUT2D eigenvalue weighted by Crippen LogP contribution is -2.48. The van der Waals surface area contributed by atoms with E-state index in [9.17, 15) is 9.59 Å². The van der Waals surface area contributed by atoms with Crippen molar-refractivity contribution in [3.63, 3.8) is 0 Å². The minimum atomic E-state index is -0.897. The Kier molecular flexibility index (Phi) is 3.68. The average molecular weight is 215 g/mol. The van der Waals surface area contributed by atoms with Crippen LogP contribution >= 0.6 is 0 Å². The van der Waals surface area contributed by atoms with Gasteiger partial charge in [0.25, 0.3) is 0 Å². The van der Waals surface area contributed by atoms with Gasteiger partial charge >= 0.3 is 11.9 Å². The van der Waals surface area contributed by atoms with Crippen LogP contribution in [0.3, 0.4) is 0 Å². The first-order valence-corrected chi connectivity index (χ1v) is 5.11. The zero-order valence-electron chi connectivity index (χ0n) is 9.01. The fraction of sp³-hybridized carbons (Fsp3) is 0.800. The zero-order chi connectivity index (χ0) is 11.6. The third-order valence-electron chi connectivity index (χ3n) is 2.91. The maximum absolute atomic E-state index is 10.9. The van der Waals surface area contributed by atoms with Gasteiger partial charge in [-0.3, -0.25) is 14.5 Å². The van der Waals surface area contributed by atoms with E-state index in [1.165, 1.54) is 0 Å². The fourth-order valence-electron chi connectivity index (χ4n) is 1.91. The number of rotatable bonds is 3. The number of likely N-dealkylation sites (tertiary alicyclic amines) is 1. The van der Waals surface area contributed by atoms with Gasteiger partial charge in [-0.05, 0) is 20.3 Å². The van der Waals surface area contributed by atoms with Crippen LogP contribution in [0.15, 0.2) is 0 Å². The Balaban J connectivity index is 2.72. The van der Waals surface area contributed by atoms with Crippen molar-refractivity contribution in [3.05, 3.63) is 0 Å². The van der Waals surface area contributed by atoms with E-state index in [2.05, 4.69) is 0 Å². The second kappa shape index (κ2) is 4.61. The van der Waals surface area contributed by atoms with Crippen molar-refractivity contribution in [2.45, 2.75) is 26.3 Å². The minimum Gasteiger partial charge on any atom is -0.481 e. The number of carboxylic acids is 2. The van der Waals surface area contributed by atoms with Gasteiger partial charge in [0.15, 0.2) is 0 Å². The molecule has 1 fully saturated rings. The molecule has 0 amide bonds. The van der Waals surface area contributed by atoms with Crippen molar-refractivity contribution < 1.29 is 19.8 Å². The molecule has 15 heavy (non-hydrogen) atoms. The predicted octanol–water partition coefficient (Wildman–Crippen LogP) is 0.502. The third kappa shape index (κ3) is 2.92. The lowest BCUT2D eigenvalue weighted by molar-refractivity contribution is -0.150. The van der Waals surface area contributed by atoms with Crippen molar-refractivity contribution in [1.82, 2.24) is 4.90 Å². The Morgan fingerprint density at radius 1 is 1.13 bits per heavy atom. The molecule has 0 radical (unpaired) electrons. The first-order chi connectivity index (χ1) is 6.91. The fourth-order valence-corrected chi connectivity index (χ4v) is 1.91. The van der Waals surface area contributed by atoms with Crippen molar-refractivity contribution >= 4 is 11.9 Å². The number of aliphatic carboxylic acids is 2. The van der Waals surface area contributed by atoms with Crippen molar-refractivity contribution in [3.8, 4) is 0 Å². The van der Waals surface area contributed by atoms with E-state index in [1.807, 2.05) is 18.7 Å². The van der Waals surface area contributed by atoms with Gasteiger partial charge in [-0.1, -0.05) is 0 Å². The average Bonchev–Trinajstić information content (AvgIpc) is 2.16. The van der Waals surface area contributed by atoms with Crippen LogP contribution in [0, 0.1) is 11.8 Å². The smallest absolute Gasteiger partial charge is 0.307 e. The first-order valence-electron chi connectivity index (χ1n) is 5.11. The van der Waals surface area contributed by atoms with Crippen LogP contribution < -0.4 is 0 Å². The quantitative estimate of drug-likeness (QED) is 0.717. The molecular weight excluding hydrogens is 198 g/mol. The second-order valence-corrected chi connectivity index (χ2v) is 4.35. The van der Waals surface area contributed by atoms with Gasteiger partial charge in [-0.2, -0.15) is 0 Å². The predicted molar refractivity (Wildman–Crippen MR) is 53.6 cm³/mol. The molecule has 0 spiro atoms. The lowest BCUT2D eigenvalue weighted by atomic mass is 9.88. The normalized spacial score (nSPS) is 27.9. The molecule has 1 saturated heterocycles. The molecule has 1 heterocycles. The summed E-state index contributed by atoms with van der Waals surface area (Å²) in [5, 5.41) is 17.8. The summed E-state index contributed by atoms with van der Waals surface area (Å²) in [5.41, 5.74) is 0. The highest BCUT2D eigenvalue weighted by Crippen LogP contribution is 2.23. The van der Waals surface area contributed by atoms with Crippen LogP contribution in [-0.4, -0.2) is 46.2 Å². The second-order valence-electron chi connectivity index (χ2n) is 4.35. The Hall–Kier alpha value is -1.10. The molecule has 0 aromatic carbocycles. The van der Waals surface area contributed by atoms with Gasteiger partial charge < -0.3 is 10.2 Å². The van der Waals surface area contributed by atoms with Crippen LogP contribution in [0.1, 0.15) is 20.3 Å². The number of piperidine rings is 1. The molecule has 1 aliphatic heterocycles. The summed E-state index contributed by atoms with van der Waals surface area (Å²) in [6.07, 6.45) is 0.244.